The maximum Gasteiger partial charge on any atom is 0.168 e. The second-order valence-electron chi connectivity index (χ2n) is 8.09. The van der Waals surface area contributed by atoms with Crippen LogP contribution in [0.2, 0.25) is 0 Å². The number of benzene rings is 2. The maximum atomic E-state index is 12.9. The van der Waals surface area contributed by atoms with E-state index in [4.69, 9.17) is 0 Å². The van der Waals surface area contributed by atoms with Gasteiger partial charge in [0.15, 0.2) is 5.78 Å². The fourth-order valence-corrected chi connectivity index (χ4v) is 4.06. The molecule has 6 heteroatoms. The molecule has 6 nitrogen and oxygen atoms in total. The molecule has 0 spiro atoms. The number of fused-ring (bicyclic) bond motifs is 2. The van der Waals surface area contributed by atoms with E-state index in [1.54, 1.807) is 4.68 Å². The van der Waals surface area contributed by atoms with Crippen LogP contribution >= 0.6 is 0 Å². The monoisotopic (exact) mass is 397 g/mol. The second-order valence-corrected chi connectivity index (χ2v) is 8.09. The number of likely N-dealkylation sites (N-methyl/N-ethyl adjacent to an activating group) is 1. The Morgan fingerprint density at radius 2 is 1.93 bits per heavy atom. The summed E-state index contributed by atoms with van der Waals surface area (Å²) in [7, 11) is 3.98. The molecule has 1 aliphatic rings. The Morgan fingerprint density at radius 3 is 2.77 bits per heavy atom. The standard InChI is InChI=1S/C24H23N5O/c1-28-8-7-16-9-18(4-6-20(16)14-28)24(30)12-22-11-21-10-17(3-5-19(21)13-25-22)23-15-29(2)27-26-23/h3-6,9-11,13,15H,7-8,12,14H2,1-2H3. The van der Waals surface area contributed by atoms with E-state index < -0.39 is 0 Å². The summed E-state index contributed by atoms with van der Waals surface area (Å²) < 4.78 is 1.69. The number of ketones is 1. The van der Waals surface area contributed by atoms with Gasteiger partial charge in [0.2, 0.25) is 0 Å². The predicted molar refractivity (Wildman–Crippen MR) is 116 cm³/mol. The molecule has 0 amide bonds. The fraction of sp³-hybridized carbons (Fsp3) is 0.250. The summed E-state index contributed by atoms with van der Waals surface area (Å²) in [6, 6.07) is 14.2. The summed E-state index contributed by atoms with van der Waals surface area (Å²) >= 11 is 0. The topological polar surface area (TPSA) is 63.9 Å². The maximum absolute atomic E-state index is 12.9. The Bertz CT molecular complexity index is 1260. The van der Waals surface area contributed by atoms with Crippen molar-refractivity contribution in [3.8, 4) is 11.3 Å². The van der Waals surface area contributed by atoms with E-state index in [1.807, 2.05) is 43.7 Å². The average molecular weight is 397 g/mol. The Morgan fingerprint density at radius 1 is 1.03 bits per heavy atom. The molecule has 150 valence electrons. The van der Waals surface area contributed by atoms with Gasteiger partial charge in [-0.15, -0.1) is 5.10 Å². The van der Waals surface area contributed by atoms with Crippen molar-refractivity contribution >= 4 is 16.6 Å². The zero-order valence-corrected chi connectivity index (χ0v) is 17.2. The minimum Gasteiger partial charge on any atom is -0.302 e. The van der Waals surface area contributed by atoms with Crippen LogP contribution in [0, 0.1) is 0 Å². The number of Topliss-reactive ketones (excluding diaryl/α,β-unsaturated/α-hetero) is 1. The molecule has 0 saturated heterocycles. The molecule has 1 aliphatic heterocycles. The van der Waals surface area contributed by atoms with Crippen LogP contribution in [0.1, 0.15) is 27.2 Å². The number of hydrogen-bond acceptors (Lipinski definition) is 5. The fourth-order valence-electron chi connectivity index (χ4n) is 4.06. The molecular formula is C24H23N5O. The van der Waals surface area contributed by atoms with Crippen molar-refractivity contribution < 1.29 is 4.79 Å². The first-order valence-corrected chi connectivity index (χ1v) is 10.1. The van der Waals surface area contributed by atoms with Crippen molar-refractivity contribution in [2.45, 2.75) is 19.4 Å². The van der Waals surface area contributed by atoms with E-state index in [1.165, 1.54) is 11.1 Å². The highest BCUT2D eigenvalue weighted by Crippen LogP contribution is 2.24. The van der Waals surface area contributed by atoms with Crippen LogP contribution in [0.3, 0.4) is 0 Å². The van der Waals surface area contributed by atoms with E-state index >= 15 is 0 Å². The van der Waals surface area contributed by atoms with Gasteiger partial charge in [-0.2, -0.15) is 0 Å². The van der Waals surface area contributed by atoms with Crippen molar-refractivity contribution in [1.29, 1.82) is 0 Å². The lowest BCUT2D eigenvalue weighted by Crippen LogP contribution is -2.26. The van der Waals surface area contributed by atoms with Gasteiger partial charge in [0, 0.05) is 48.5 Å². The van der Waals surface area contributed by atoms with Crippen LogP contribution in [0.15, 0.2) is 54.9 Å². The number of aryl methyl sites for hydroxylation is 1. The van der Waals surface area contributed by atoms with Crippen molar-refractivity contribution in [2.24, 2.45) is 7.05 Å². The van der Waals surface area contributed by atoms with Gasteiger partial charge in [-0.3, -0.25) is 14.5 Å². The molecule has 4 aromatic rings. The molecule has 0 aliphatic carbocycles. The molecule has 30 heavy (non-hydrogen) atoms. The zero-order valence-electron chi connectivity index (χ0n) is 17.2. The third-order valence-electron chi connectivity index (χ3n) is 5.75. The lowest BCUT2D eigenvalue weighted by Gasteiger charge is -2.25. The van der Waals surface area contributed by atoms with Crippen LogP contribution in [-0.4, -0.2) is 44.3 Å². The molecule has 2 aromatic heterocycles. The van der Waals surface area contributed by atoms with Crippen molar-refractivity contribution in [2.75, 3.05) is 13.6 Å². The number of aromatic nitrogens is 4. The van der Waals surface area contributed by atoms with Crippen LogP contribution < -0.4 is 0 Å². The Hall–Kier alpha value is -3.38. The van der Waals surface area contributed by atoms with E-state index in [0.29, 0.717) is 6.42 Å². The molecule has 0 radical (unpaired) electrons. The van der Waals surface area contributed by atoms with Crippen molar-refractivity contribution in [3.05, 3.63) is 77.2 Å². The van der Waals surface area contributed by atoms with Gasteiger partial charge >= 0.3 is 0 Å². The van der Waals surface area contributed by atoms with Gasteiger partial charge in [0.25, 0.3) is 0 Å². The highest BCUT2D eigenvalue weighted by atomic mass is 16.1. The number of hydrogen-bond donors (Lipinski definition) is 0. The van der Waals surface area contributed by atoms with E-state index in [0.717, 1.165) is 52.8 Å². The lowest BCUT2D eigenvalue weighted by atomic mass is 9.95. The van der Waals surface area contributed by atoms with Crippen molar-refractivity contribution in [3.63, 3.8) is 0 Å². The summed E-state index contributed by atoms with van der Waals surface area (Å²) in [6.45, 7) is 1.98. The second kappa shape index (κ2) is 7.46. The summed E-state index contributed by atoms with van der Waals surface area (Å²) in [5.41, 5.74) is 5.99. The first-order valence-electron chi connectivity index (χ1n) is 10.1. The highest BCUT2D eigenvalue weighted by molar-refractivity contribution is 5.98. The molecule has 5 rings (SSSR count). The Labute approximate surface area is 175 Å². The quantitative estimate of drug-likeness (QED) is 0.494. The summed E-state index contributed by atoms with van der Waals surface area (Å²) in [4.78, 5) is 19.7. The number of nitrogens with zero attached hydrogens (tertiary/aromatic N) is 5. The first kappa shape index (κ1) is 18.6. The Kier molecular flexibility index (Phi) is 4.64. The number of carbonyl (C=O) groups is 1. The largest absolute Gasteiger partial charge is 0.302 e. The molecule has 0 fully saturated rings. The van der Waals surface area contributed by atoms with Crippen LogP contribution in [0.5, 0.6) is 0 Å². The third-order valence-corrected chi connectivity index (χ3v) is 5.75. The van der Waals surface area contributed by atoms with Gasteiger partial charge in [-0.25, -0.2) is 0 Å². The number of pyridine rings is 1. The summed E-state index contributed by atoms with van der Waals surface area (Å²) in [6.07, 6.45) is 5.01. The zero-order chi connectivity index (χ0) is 20.7. The smallest absolute Gasteiger partial charge is 0.168 e. The summed E-state index contributed by atoms with van der Waals surface area (Å²) in [5.74, 6) is 0.105. The molecular weight excluding hydrogens is 374 g/mol. The predicted octanol–water partition coefficient (Wildman–Crippen LogP) is 3.44. The van der Waals surface area contributed by atoms with E-state index in [-0.39, 0.29) is 5.78 Å². The molecule has 2 aromatic carbocycles. The molecule has 0 saturated carbocycles. The number of rotatable bonds is 4. The van der Waals surface area contributed by atoms with Gasteiger partial charge in [-0.1, -0.05) is 29.5 Å². The molecule has 0 N–H and O–H groups in total. The van der Waals surface area contributed by atoms with Crippen LogP contribution in [-0.2, 0) is 26.4 Å². The average Bonchev–Trinajstić information content (AvgIpc) is 3.19. The lowest BCUT2D eigenvalue weighted by molar-refractivity contribution is 0.0992. The highest BCUT2D eigenvalue weighted by Gasteiger charge is 2.16. The van der Waals surface area contributed by atoms with Gasteiger partial charge in [0.1, 0.15) is 5.69 Å². The SMILES string of the molecule is CN1CCc2cc(C(=O)Cc3cc4cc(-c5cn(C)nn5)ccc4cn3)ccc2C1. The van der Waals surface area contributed by atoms with E-state index in [9.17, 15) is 4.79 Å². The molecule has 0 unspecified atom stereocenters. The molecule has 0 bridgehead atoms. The summed E-state index contributed by atoms with van der Waals surface area (Å²) in [5, 5.41) is 10.3. The normalized spacial score (nSPS) is 14.1. The van der Waals surface area contributed by atoms with E-state index in [2.05, 4.69) is 45.4 Å². The molecule has 0 atom stereocenters. The van der Waals surface area contributed by atoms with Crippen LogP contribution in [0.4, 0.5) is 0 Å². The minimum atomic E-state index is 0.105. The van der Waals surface area contributed by atoms with Crippen molar-refractivity contribution in [1.82, 2.24) is 24.9 Å². The number of carbonyl (C=O) groups excluding carboxylic acids is 1. The third kappa shape index (κ3) is 3.62. The van der Waals surface area contributed by atoms with Gasteiger partial charge < -0.3 is 4.90 Å². The molecule has 3 heterocycles. The first-order chi connectivity index (χ1) is 14.5. The van der Waals surface area contributed by atoms with Crippen LogP contribution in [0.25, 0.3) is 22.0 Å². The Balaban J connectivity index is 1.40. The minimum absolute atomic E-state index is 0.105. The van der Waals surface area contributed by atoms with Gasteiger partial charge in [0.05, 0.1) is 12.6 Å². The van der Waals surface area contributed by atoms with Gasteiger partial charge in [-0.05, 0) is 48.2 Å².